The summed E-state index contributed by atoms with van der Waals surface area (Å²) < 4.78 is 35.2. The van der Waals surface area contributed by atoms with E-state index in [0.29, 0.717) is 13.2 Å². The van der Waals surface area contributed by atoms with E-state index in [1.165, 1.54) is 24.5 Å². The van der Waals surface area contributed by atoms with Crippen molar-refractivity contribution in [2.75, 3.05) is 24.6 Å². The van der Waals surface area contributed by atoms with Crippen LogP contribution in [0, 0.1) is 17.0 Å². The van der Waals surface area contributed by atoms with Crippen LogP contribution in [0.3, 0.4) is 0 Å². The summed E-state index contributed by atoms with van der Waals surface area (Å²) in [5, 5.41) is 15.8. The van der Waals surface area contributed by atoms with E-state index in [9.17, 15) is 8.78 Å². The molecule has 6 rings (SSSR count). The van der Waals surface area contributed by atoms with Crippen molar-refractivity contribution in [3.63, 3.8) is 0 Å². The Hall–Kier alpha value is -2.94. The van der Waals surface area contributed by atoms with E-state index in [1.54, 1.807) is 0 Å². The number of halogens is 2. The van der Waals surface area contributed by atoms with Crippen molar-refractivity contribution in [2.45, 2.75) is 44.1 Å². The molecule has 3 aliphatic rings. The van der Waals surface area contributed by atoms with E-state index in [-0.39, 0.29) is 34.1 Å². The highest BCUT2D eigenvalue weighted by Crippen LogP contribution is 2.69. The molecule has 1 aliphatic heterocycles. The average molecular weight is 438 g/mol. The molecule has 3 aromatic rings. The van der Waals surface area contributed by atoms with Crippen molar-refractivity contribution < 1.29 is 13.5 Å². The molecule has 0 radical (unpaired) electrons. The molecule has 1 N–H and O–H groups in total. The van der Waals surface area contributed by atoms with Crippen LogP contribution in [0.4, 0.5) is 14.7 Å². The Bertz CT molecular complexity index is 1160. The van der Waals surface area contributed by atoms with Crippen molar-refractivity contribution in [1.82, 2.24) is 25.4 Å². The first kappa shape index (κ1) is 19.7. The van der Waals surface area contributed by atoms with Gasteiger partial charge in [-0.2, -0.15) is 20.3 Å². The number of fused-ring (bicyclic) bond motifs is 5. The highest BCUT2D eigenvalue weighted by molar-refractivity contribution is 5.63. The van der Waals surface area contributed by atoms with Gasteiger partial charge in [-0.05, 0) is 47.9 Å². The lowest BCUT2D eigenvalue weighted by atomic mass is 9.64. The number of aromatic nitrogens is 5. The number of aromatic amines is 1. The topological polar surface area (TPSA) is 79.8 Å². The van der Waals surface area contributed by atoms with Gasteiger partial charge in [-0.1, -0.05) is 19.9 Å². The Morgan fingerprint density at radius 3 is 2.75 bits per heavy atom. The Morgan fingerprint density at radius 1 is 1.19 bits per heavy atom. The van der Waals surface area contributed by atoms with Crippen LogP contribution in [0.15, 0.2) is 30.6 Å². The van der Waals surface area contributed by atoms with Crippen LogP contribution < -0.4 is 4.90 Å². The van der Waals surface area contributed by atoms with Gasteiger partial charge in [-0.25, -0.2) is 13.9 Å². The largest absolute Gasteiger partial charge is 0.374 e. The van der Waals surface area contributed by atoms with Crippen molar-refractivity contribution in [3.8, 4) is 11.3 Å². The molecule has 1 unspecified atom stereocenters. The Kier molecular flexibility index (Phi) is 4.18. The predicted molar refractivity (Wildman–Crippen MR) is 113 cm³/mol. The second-order valence-corrected chi connectivity index (χ2v) is 9.53. The molecule has 0 amide bonds. The van der Waals surface area contributed by atoms with E-state index < -0.39 is 11.6 Å². The number of hydrogen-bond donors (Lipinski definition) is 1. The van der Waals surface area contributed by atoms with Gasteiger partial charge in [0.2, 0.25) is 5.95 Å². The number of ether oxygens (including phenoxy) is 1. The number of nitrogens with one attached hydrogen (secondary N) is 1. The zero-order valence-electron chi connectivity index (χ0n) is 18.0. The minimum atomic E-state index is -0.630. The van der Waals surface area contributed by atoms with E-state index in [0.717, 1.165) is 36.6 Å². The number of H-pyrrole nitrogens is 1. The third kappa shape index (κ3) is 2.48. The van der Waals surface area contributed by atoms with Crippen LogP contribution in [0.2, 0.25) is 0 Å². The zero-order valence-corrected chi connectivity index (χ0v) is 18.0. The molecule has 2 aliphatic carbocycles. The summed E-state index contributed by atoms with van der Waals surface area (Å²) >= 11 is 0. The number of hydrogen-bond acceptors (Lipinski definition) is 6. The van der Waals surface area contributed by atoms with Gasteiger partial charge in [0.05, 0.1) is 29.7 Å². The van der Waals surface area contributed by atoms with Crippen LogP contribution in [0.1, 0.15) is 43.9 Å². The van der Waals surface area contributed by atoms with Crippen LogP contribution in [0.5, 0.6) is 0 Å². The predicted octanol–water partition coefficient (Wildman–Crippen LogP) is 3.60. The number of nitrogens with zero attached hydrogens (tertiary/aromatic N) is 5. The lowest BCUT2D eigenvalue weighted by Crippen LogP contribution is -2.56. The maximum absolute atomic E-state index is 14.4. The number of benzene rings is 1. The van der Waals surface area contributed by atoms with Gasteiger partial charge < -0.3 is 9.64 Å². The summed E-state index contributed by atoms with van der Waals surface area (Å²) in [6.45, 7) is 6.49. The van der Waals surface area contributed by atoms with Crippen molar-refractivity contribution in [3.05, 3.63) is 53.5 Å². The first-order valence-electron chi connectivity index (χ1n) is 11.0. The Balaban J connectivity index is 1.44. The SMILES string of the molecule is CC1(C)[C@H]2CCC1([C@H]1CN(c3ncn[nH]3)CCO1)c1nnc(-c3c(F)cccc3F)cc12. The maximum atomic E-state index is 14.4. The van der Waals surface area contributed by atoms with Gasteiger partial charge in [0.15, 0.2) is 0 Å². The van der Waals surface area contributed by atoms with Gasteiger partial charge in [-0.15, -0.1) is 0 Å². The summed E-state index contributed by atoms with van der Waals surface area (Å²) in [6.07, 6.45) is 3.32. The first-order valence-corrected chi connectivity index (χ1v) is 11.0. The van der Waals surface area contributed by atoms with Gasteiger partial charge in [-0.3, -0.25) is 0 Å². The molecular formula is C23H24F2N6O. The molecule has 3 atom stereocenters. The second-order valence-electron chi connectivity index (χ2n) is 9.53. The van der Waals surface area contributed by atoms with Crippen LogP contribution >= 0.6 is 0 Å². The summed E-state index contributed by atoms with van der Waals surface area (Å²) in [5.74, 6) is -0.299. The molecule has 1 aromatic carbocycles. The Labute approximate surface area is 184 Å². The summed E-state index contributed by atoms with van der Waals surface area (Å²) in [4.78, 5) is 6.47. The van der Waals surface area contributed by atoms with Crippen molar-refractivity contribution >= 4 is 5.95 Å². The molecular weight excluding hydrogens is 414 g/mol. The normalized spacial score (nSPS) is 28.2. The molecule has 166 valence electrons. The van der Waals surface area contributed by atoms with E-state index in [1.807, 2.05) is 6.07 Å². The first-order chi connectivity index (χ1) is 15.4. The quantitative estimate of drug-likeness (QED) is 0.673. The highest BCUT2D eigenvalue weighted by Gasteiger charge is 2.67. The van der Waals surface area contributed by atoms with Crippen molar-refractivity contribution in [2.24, 2.45) is 5.41 Å². The monoisotopic (exact) mass is 438 g/mol. The fraction of sp³-hybridized carbons (Fsp3) is 0.478. The van der Waals surface area contributed by atoms with E-state index >= 15 is 0 Å². The standard InChI is InChI=1S/C23H24F2N6O/c1-22(2)14-6-7-23(22,18-11-31(8-9-32-18)21-26-12-27-30-21)20-13(14)10-17(28-29-20)19-15(24)4-3-5-16(19)25/h3-5,10,12,14,18H,6-9,11H2,1-2H3,(H,26,27,30)/t14-,18+,23?/m0/s1. The molecule has 1 saturated heterocycles. The van der Waals surface area contributed by atoms with Crippen LogP contribution in [0.25, 0.3) is 11.3 Å². The minimum Gasteiger partial charge on any atom is -0.374 e. The molecule has 32 heavy (non-hydrogen) atoms. The molecule has 2 fully saturated rings. The molecule has 9 heteroatoms. The Morgan fingerprint density at radius 2 is 2.00 bits per heavy atom. The van der Waals surface area contributed by atoms with E-state index in [2.05, 4.69) is 44.1 Å². The molecule has 0 spiro atoms. The molecule has 7 nitrogen and oxygen atoms in total. The number of anilines is 1. The number of morpholine rings is 1. The molecule has 3 heterocycles. The average Bonchev–Trinajstić information content (AvgIpc) is 3.45. The minimum absolute atomic E-state index is 0.104. The fourth-order valence-electron chi connectivity index (χ4n) is 6.44. The highest BCUT2D eigenvalue weighted by atomic mass is 19.1. The second kappa shape index (κ2) is 6.78. The van der Waals surface area contributed by atoms with E-state index in [4.69, 9.17) is 4.74 Å². The lowest BCUT2D eigenvalue weighted by Gasteiger charge is -2.47. The summed E-state index contributed by atoms with van der Waals surface area (Å²) in [7, 11) is 0. The fourth-order valence-corrected chi connectivity index (χ4v) is 6.44. The van der Waals surface area contributed by atoms with Gasteiger partial charge in [0.1, 0.15) is 18.0 Å². The summed E-state index contributed by atoms with van der Waals surface area (Å²) in [5.41, 5.74) is 1.60. The third-order valence-electron chi connectivity index (χ3n) is 8.01. The lowest BCUT2D eigenvalue weighted by molar-refractivity contribution is -0.0469. The summed E-state index contributed by atoms with van der Waals surface area (Å²) in [6, 6.07) is 5.70. The van der Waals surface area contributed by atoms with Crippen LogP contribution in [-0.2, 0) is 10.2 Å². The smallest absolute Gasteiger partial charge is 0.221 e. The van der Waals surface area contributed by atoms with Gasteiger partial charge in [0.25, 0.3) is 0 Å². The van der Waals surface area contributed by atoms with Gasteiger partial charge in [0, 0.05) is 18.5 Å². The number of rotatable bonds is 3. The van der Waals surface area contributed by atoms with Crippen molar-refractivity contribution in [1.29, 1.82) is 0 Å². The zero-order chi connectivity index (χ0) is 22.1. The van der Waals surface area contributed by atoms with Crippen LogP contribution in [-0.4, -0.2) is 51.2 Å². The maximum Gasteiger partial charge on any atom is 0.221 e. The third-order valence-corrected chi connectivity index (χ3v) is 8.01. The molecule has 1 saturated carbocycles. The molecule has 2 bridgehead atoms. The van der Waals surface area contributed by atoms with Gasteiger partial charge >= 0.3 is 0 Å². The molecule has 2 aromatic heterocycles.